The van der Waals surface area contributed by atoms with Crippen LogP contribution < -0.4 is 4.74 Å². The van der Waals surface area contributed by atoms with Crippen LogP contribution >= 0.6 is 0 Å². The van der Waals surface area contributed by atoms with Gasteiger partial charge in [0, 0.05) is 25.1 Å². The molecule has 5 heteroatoms. The maximum Gasteiger partial charge on any atom is 0.166 e. The van der Waals surface area contributed by atoms with E-state index in [1.165, 1.54) is 12.1 Å². The molecule has 3 rings (SSSR count). The van der Waals surface area contributed by atoms with Gasteiger partial charge in [0.2, 0.25) is 0 Å². The first-order chi connectivity index (χ1) is 13.2. The molecule has 0 unspecified atom stereocenters. The van der Waals surface area contributed by atoms with Gasteiger partial charge >= 0.3 is 0 Å². The normalized spacial score (nSPS) is 16.8. The van der Waals surface area contributed by atoms with Crippen molar-refractivity contribution in [1.29, 1.82) is 0 Å². The largest absolute Gasteiger partial charge is 0.491 e. The molecule has 0 spiro atoms. The van der Waals surface area contributed by atoms with Crippen LogP contribution in [0.1, 0.15) is 23.2 Å². The van der Waals surface area contributed by atoms with E-state index in [-0.39, 0.29) is 23.6 Å². The number of ketones is 1. The number of carbonyl (C=O) groups is 1. The smallest absolute Gasteiger partial charge is 0.166 e. The molecule has 1 saturated heterocycles. The predicted molar refractivity (Wildman–Crippen MR) is 103 cm³/mol. The zero-order valence-electron chi connectivity index (χ0n) is 15.6. The van der Waals surface area contributed by atoms with Crippen molar-refractivity contribution < 1.29 is 18.7 Å². The van der Waals surface area contributed by atoms with Gasteiger partial charge < -0.3 is 14.4 Å². The average molecular weight is 371 g/mol. The number of Topliss-reactive ketones (excluding diaryl/α,β-unsaturated/α-hetero) is 1. The number of rotatable bonds is 8. The van der Waals surface area contributed by atoms with Crippen molar-refractivity contribution >= 4 is 5.78 Å². The molecule has 0 radical (unpaired) electrons. The maximum atomic E-state index is 13.0. The molecular formula is C22H26FNO3. The Bertz CT molecular complexity index is 712. The lowest BCUT2D eigenvalue weighted by atomic mass is 9.89. The highest BCUT2D eigenvalue weighted by Crippen LogP contribution is 2.22. The summed E-state index contributed by atoms with van der Waals surface area (Å²) in [4.78, 5) is 14.9. The zero-order valence-corrected chi connectivity index (χ0v) is 15.6. The average Bonchev–Trinajstić information content (AvgIpc) is 2.72. The maximum absolute atomic E-state index is 13.0. The van der Waals surface area contributed by atoms with Crippen molar-refractivity contribution in [2.24, 2.45) is 5.92 Å². The van der Waals surface area contributed by atoms with E-state index in [1.807, 2.05) is 30.3 Å². The van der Waals surface area contributed by atoms with Crippen molar-refractivity contribution in [3.8, 4) is 5.75 Å². The van der Waals surface area contributed by atoms with Crippen LogP contribution in [0, 0.1) is 11.7 Å². The van der Waals surface area contributed by atoms with Crippen molar-refractivity contribution in [3.63, 3.8) is 0 Å². The quantitative estimate of drug-likeness (QED) is 0.662. The summed E-state index contributed by atoms with van der Waals surface area (Å²) in [7, 11) is 1.70. The third kappa shape index (κ3) is 5.62. The Kier molecular flexibility index (Phi) is 6.96. The molecule has 0 N–H and O–H groups in total. The molecule has 1 aliphatic rings. The number of likely N-dealkylation sites (tertiary alicyclic amines) is 1. The Hall–Kier alpha value is -2.24. The minimum atomic E-state index is -0.315. The Morgan fingerprint density at radius 1 is 1.11 bits per heavy atom. The van der Waals surface area contributed by atoms with Gasteiger partial charge in [0.25, 0.3) is 0 Å². The second-order valence-corrected chi connectivity index (χ2v) is 6.93. The van der Waals surface area contributed by atoms with Gasteiger partial charge in [0.05, 0.1) is 0 Å². The van der Waals surface area contributed by atoms with Gasteiger partial charge in [0.1, 0.15) is 24.3 Å². The number of ether oxygens (including phenoxy) is 2. The van der Waals surface area contributed by atoms with Crippen LogP contribution in [0.15, 0.2) is 54.6 Å². The third-order valence-corrected chi connectivity index (χ3v) is 5.06. The summed E-state index contributed by atoms with van der Waals surface area (Å²) in [5.74, 6) is 0.645. The van der Waals surface area contributed by atoms with Crippen LogP contribution in [0.25, 0.3) is 0 Å². The molecule has 0 aliphatic carbocycles. The fourth-order valence-electron chi connectivity index (χ4n) is 3.42. The number of piperidine rings is 1. The summed E-state index contributed by atoms with van der Waals surface area (Å²) >= 11 is 0. The van der Waals surface area contributed by atoms with Crippen LogP contribution in [-0.2, 0) is 4.74 Å². The van der Waals surface area contributed by atoms with E-state index in [2.05, 4.69) is 4.90 Å². The van der Waals surface area contributed by atoms with Gasteiger partial charge in [0.15, 0.2) is 5.78 Å². The first kappa shape index (κ1) is 19.5. The minimum Gasteiger partial charge on any atom is -0.491 e. The fraction of sp³-hybridized carbons (Fsp3) is 0.409. The Morgan fingerprint density at radius 3 is 2.41 bits per heavy atom. The Balaban J connectivity index is 1.45. The van der Waals surface area contributed by atoms with Gasteiger partial charge in [-0.05, 0) is 62.3 Å². The molecule has 1 atom stereocenters. The van der Waals surface area contributed by atoms with Crippen molar-refractivity contribution in [3.05, 3.63) is 66.0 Å². The standard InChI is InChI=1S/C22H26FNO3/c1-26-21(16-27-20-5-3-2-4-6-20)15-24-13-11-18(12-14-24)22(25)17-7-9-19(23)10-8-17/h2-10,18,21H,11-16H2,1H3/t21-/m0/s1. The van der Waals surface area contributed by atoms with E-state index in [9.17, 15) is 9.18 Å². The van der Waals surface area contributed by atoms with Crippen LogP contribution in [0.2, 0.25) is 0 Å². The SMILES string of the molecule is CO[C@H](COc1ccccc1)CN1CCC(C(=O)c2ccc(F)cc2)CC1. The summed E-state index contributed by atoms with van der Waals surface area (Å²) in [6.07, 6.45) is 1.60. The fourth-order valence-corrected chi connectivity index (χ4v) is 3.42. The number of hydrogen-bond acceptors (Lipinski definition) is 4. The van der Waals surface area contributed by atoms with Gasteiger partial charge in [-0.15, -0.1) is 0 Å². The molecule has 4 nitrogen and oxygen atoms in total. The lowest BCUT2D eigenvalue weighted by Crippen LogP contribution is -2.42. The number of nitrogens with zero attached hydrogens (tertiary/aromatic N) is 1. The molecule has 27 heavy (non-hydrogen) atoms. The van der Waals surface area contributed by atoms with Gasteiger partial charge in [-0.1, -0.05) is 18.2 Å². The van der Waals surface area contributed by atoms with E-state index in [1.54, 1.807) is 19.2 Å². The number of benzene rings is 2. The summed E-state index contributed by atoms with van der Waals surface area (Å²) in [6, 6.07) is 15.5. The van der Waals surface area contributed by atoms with Gasteiger partial charge in [-0.2, -0.15) is 0 Å². The van der Waals surface area contributed by atoms with E-state index >= 15 is 0 Å². The molecule has 1 fully saturated rings. The first-order valence-electron chi connectivity index (χ1n) is 9.38. The lowest BCUT2D eigenvalue weighted by molar-refractivity contribution is 0.0211. The summed E-state index contributed by atoms with van der Waals surface area (Å²) in [6.45, 7) is 2.97. The molecule has 144 valence electrons. The van der Waals surface area contributed by atoms with Crippen LogP contribution in [0.5, 0.6) is 5.75 Å². The van der Waals surface area contributed by atoms with Crippen LogP contribution in [0.3, 0.4) is 0 Å². The van der Waals surface area contributed by atoms with Crippen molar-refractivity contribution in [2.45, 2.75) is 18.9 Å². The number of para-hydroxylation sites is 1. The Labute approximate surface area is 159 Å². The van der Waals surface area contributed by atoms with Crippen LogP contribution in [0.4, 0.5) is 4.39 Å². The minimum absolute atomic E-state index is 0.00766. The van der Waals surface area contributed by atoms with E-state index in [4.69, 9.17) is 9.47 Å². The summed E-state index contributed by atoms with van der Waals surface area (Å²) in [5.41, 5.74) is 0.598. The van der Waals surface area contributed by atoms with Crippen LogP contribution in [-0.4, -0.2) is 50.1 Å². The third-order valence-electron chi connectivity index (χ3n) is 5.06. The highest BCUT2D eigenvalue weighted by Gasteiger charge is 2.27. The monoisotopic (exact) mass is 371 g/mol. The molecule has 1 heterocycles. The lowest BCUT2D eigenvalue weighted by Gasteiger charge is -2.33. The molecule has 0 bridgehead atoms. The summed E-state index contributed by atoms with van der Waals surface area (Å²) in [5, 5.41) is 0. The molecule has 1 aliphatic heterocycles. The number of hydrogen-bond donors (Lipinski definition) is 0. The molecule has 2 aromatic carbocycles. The highest BCUT2D eigenvalue weighted by atomic mass is 19.1. The van der Waals surface area contributed by atoms with Gasteiger partial charge in [-0.3, -0.25) is 4.79 Å². The topological polar surface area (TPSA) is 38.8 Å². The zero-order chi connectivity index (χ0) is 19.1. The molecule has 2 aromatic rings. The number of carbonyl (C=O) groups excluding carboxylic acids is 1. The van der Waals surface area contributed by atoms with E-state index in [0.717, 1.165) is 38.2 Å². The molecule has 0 saturated carbocycles. The highest BCUT2D eigenvalue weighted by molar-refractivity contribution is 5.97. The second-order valence-electron chi connectivity index (χ2n) is 6.93. The predicted octanol–water partition coefficient (Wildman–Crippen LogP) is 3.81. The van der Waals surface area contributed by atoms with E-state index in [0.29, 0.717) is 12.2 Å². The van der Waals surface area contributed by atoms with Crippen molar-refractivity contribution in [1.82, 2.24) is 4.90 Å². The molecule has 0 aromatic heterocycles. The molecule has 0 amide bonds. The first-order valence-corrected chi connectivity index (χ1v) is 9.38. The van der Waals surface area contributed by atoms with E-state index < -0.39 is 0 Å². The Morgan fingerprint density at radius 2 is 1.78 bits per heavy atom. The van der Waals surface area contributed by atoms with Gasteiger partial charge in [-0.25, -0.2) is 4.39 Å². The summed E-state index contributed by atoms with van der Waals surface area (Å²) < 4.78 is 24.4. The van der Waals surface area contributed by atoms with Crippen molar-refractivity contribution in [2.75, 3.05) is 33.4 Å². The molecular weight excluding hydrogens is 345 g/mol. The number of methoxy groups -OCH3 is 1. The second kappa shape index (κ2) is 9.62. The number of halogens is 1.